The lowest BCUT2D eigenvalue weighted by Crippen LogP contribution is -2.15. The summed E-state index contributed by atoms with van der Waals surface area (Å²) >= 11 is 2.26. The van der Waals surface area contributed by atoms with E-state index in [0.29, 0.717) is 0 Å². The third-order valence-electron chi connectivity index (χ3n) is 2.50. The van der Waals surface area contributed by atoms with Crippen LogP contribution in [-0.2, 0) is 4.74 Å². The first-order valence-electron chi connectivity index (χ1n) is 5.11. The Morgan fingerprint density at radius 2 is 2.25 bits per heavy atom. The minimum Gasteiger partial charge on any atom is -0.477 e. The molecular formula is C12H10INO2. The zero-order chi connectivity index (χ0) is 11.0. The fourth-order valence-electron chi connectivity index (χ4n) is 1.58. The van der Waals surface area contributed by atoms with Gasteiger partial charge >= 0.3 is 0 Å². The molecule has 0 aliphatic carbocycles. The number of benzene rings is 1. The van der Waals surface area contributed by atoms with Gasteiger partial charge in [0.2, 0.25) is 0 Å². The number of hydrogen-bond donors (Lipinski definition) is 0. The minimum absolute atomic E-state index is 0.0726. The summed E-state index contributed by atoms with van der Waals surface area (Å²) in [4.78, 5) is 4.30. The van der Waals surface area contributed by atoms with Gasteiger partial charge in [-0.2, -0.15) is 0 Å². The quantitative estimate of drug-likeness (QED) is 0.494. The van der Waals surface area contributed by atoms with Crippen molar-refractivity contribution < 1.29 is 9.47 Å². The molecule has 4 heteroatoms. The molecule has 0 spiro atoms. The molecule has 3 nitrogen and oxygen atoms in total. The van der Waals surface area contributed by atoms with Gasteiger partial charge in [0.15, 0.2) is 4.11 Å². The molecule has 0 radical (unpaired) electrons. The summed E-state index contributed by atoms with van der Waals surface area (Å²) in [6.07, 6.45) is 2.03. The Kier molecular flexibility index (Phi) is 2.69. The average Bonchev–Trinajstić information content (AvgIpc) is 3.13. The number of nitrogens with zero attached hydrogens (tertiary/aromatic N) is 1. The molecule has 0 amide bonds. The molecule has 1 unspecified atom stereocenters. The number of alkyl halides is 1. The molecule has 16 heavy (non-hydrogen) atoms. The van der Waals surface area contributed by atoms with E-state index in [1.54, 1.807) is 6.20 Å². The summed E-state index contributed by atoms with van der Waals surface area (Å²) in [6.45, 7) is 0.802. The third kappa shape index (κ3) is 1.99. The van der Waals surface area contributed by atoms with Crippen LogP contribution in [0.15, 0.2) is 36.5 Å². The SMILES string of the molecule is IC(Oc1cccc2ncccc12)[C@@H]1CO1. The maximum atomic E-state index is 5.87. The Bertz CT molecular complexity index is 508. The predicted octanol–water partition coefficient (Wildman–Crippen LogP) is 2.77. The number of epoxide rings is 1. The van der Waals surface area contributed by atoms with Crippen molar-refractivity contribution in [2.75, 3.05) is 6.61 Å². The summed E-state index contributed by atoms with van der Waals surface area (Å²) in [6, 6.07) is 9.86. The molecule has 3 rings (SSSR count). The van der Waals surface area contributed by atoms with Crippen LogP contribution in [0, 0.1) is 0 Å². The van der Waals surface area contributed by atoms with Crippen LogP contribution in [-0.4, -0.2) is 21.8 Å². The van der Waals surface area contributed by atoms with Gasteiger partial charge in [0.25, 0.3) is 0 Å². The zero-order valence-corrected chi connectivity index (χ0v) is 10.6. The van der Waals surface area contributed by atoms with Gasteiger partial charge in [0.05, 0.1) is 12.1 Å². The lowest BCUT2D eigenvalue weighted by molar-refractivity contribution is 0.249. The Morgan fingerprint density at radius 1 is 1.38 bits per heavy atom. The molecule has 1 aromatic heterocycles. The Hall–Kier alpha value is -0.880. The highest BCUT2D eigenvalue weighted by atomic mass is 127. The number of hydrogen-bond acceptors (Lipinski definition) is 3. The van der Waals surface area contributed by atoms with Crippen molar-refractivity contribution in [1.29, 1.82) is 0 Å². The van der Waals surface area contributed by atoms with Crippen molar-refractivity contribution in [3.05, 3.63) is 36.5 Å². The highest BCUT2D eigenvalue weighted by molar-refractivity contribution is 14.1. The molecule has 1 aliphatic rings. The molecule has 1 fully saturated rings. The van der Waals surface area contributed by atoms with E-state index in [4.69, 9.17) is 9.47 Å². The van der Waals surface area contributed by atoms with E-state index in [2.05, 4.69) is 27.6 Å². The molecule has 1 aromatic carbocycles. The molecule has 1 aliphatic heterocycles. The van der Waals surface area contributed by atoms with Crippen LogP contribution in [0.4, 0.5) is 0 Å². The highest BCUT2D eigenvalue weighted by Crippen LogP contribution is 2.29. The average molecular weight is 327 g/mol. The van der Waals surface area contributed by atoms with E-state index < -0.39 is 0 Å². The number of fused-ring (bicyclic) bond motifs is 1. The Morgan fingerprint density at radius 3 is 3.06 bits per heavy atom. The van der Waals surface area contributed by atoms with Crippen LogP contribution in [0.25, 0.3) is 10.9 Å². The van der Waals surface area contributed by atoms with Gasteiger partial charge in [-0.15, -0.1) is 0 Å². The van der Waals surface area contributed by atoms with Crippen molar-refractivity contribution >= 4 is 33.5 Å². The second-order valence-corrected chi connectivity index (χ2v) is 4.89. The van der Waals surface area contributed by atoms with E-state index in [9.17, 15) is 0 Å². The third-order valence-corrected chi connectivity index (χ3v) is 3.55. The Labute approximate surface area is 107 Å². The highest BCUT2D eigenvalue weighted by Gasteiger charge is 2.32. The molecular weight excluding hydrogens is 317 g/mol. The monoisotopic (exact) mass is 327 g/mol. The van der Waals surface area contributed by atoms with E-state index >= 15 is 0 Å². The van der Waals surface area contributed by atoms with Gasteiger partial charge in [-0.3, -0.25) is 4.98 Å². The number of aromatic nitrogens is 1. The second-order valence-electron chi connectivity index (χ2n) is 3.67. The molecule has 0 saturated carbocycles. The van der Waals surface area contributed by atoms with E-state index in [1.807, 2.05) is 30.3 Å². The van der Waals surface area contributed by atoms with Crippen LogP contribution >= 0.6 is 22.6 Å². The van der Waals surface area contributed by atoms with E-state index in [1.165, 1.54) is 0 Å². The minimum atomic E-state index is 0.0726. The van der Waals surface area contributed by atoms with E-state index in [0.717, 1.165) is 23.3 Å². The van der Waals surface area contributed by atoms with Crippen LogP contribution < -0.4 is 4.74 Å². The summed E-state index contributed by atoms with van der Waals surface area (Å²) in [5.74, 6) is 0.875. The summed E-state index contributed by atoms with van der Waals surface area (Å²) in [7, 11) is 0. The zero-order valence-electron chi connectivity index (χ0n) is 8.47. The topological polar surface area (TPSA) is 34.6 Å². The van der Waals surface area contributed by atoms with Crippen LogP contribution in [0.5, 0.6) is 5.75 Å². The van der Waals surface area contributed by atoms with Crippen molar-refractivity contribution in [3.8, 4) is 5.75 Å². The number of pyridine rings is 1. The molecule has 0 N–H and O–H groups in total. The number of halogens is 1. The van der Waals surface area contributed by atoms with Gasteiger partial charge in [-0.05, 0) is 46.9 Å². The molecule has 2 heterocycles. The van der Waals surface area contributed by atoms with E-state index in [-0.39, 0.29) is 10.2 Å². The van der Waals surface area contributed by atoms with Gasteiger partial charge in [0.1, 0.15) is 11.9 Å². The standard InChI is InChI=1S/C12H10INO2/c13-12(11-7-15-11)16-10-5-1-4-9-8(10)3-2-6-14-9/h1-6,11-12H,7H2/t11-,12?/m0/s1. The molecule has 1 saturated heterocycles. The Balaban J connectivity index is 1.95. The molecule has 2 atom stereocenters. The first-order chi connectivity index (χ1) is 7.84. The lowest BCUT2D eigenvalue weighted by atomic mass is 10.2. The molecule has 2 aromatic rings. The maximum Gasteiger partial charge on any atom is 0.177 e. The van der Waals surface area contributed by atoms with Gasteiger partial charge in [-0.1, -0.05) is 6.07 Å². The lowest BCUT2D eigenvalue weighted by Gasteiger charge is -2.12. The van der Waals surface area contributed by atoms with Gasteiger partial charge < -0.3 is 9.47 Å². The maximum absolute atomic E-state index is 5.87. The normalized spacial score (nSPS) is 20.7. The first kappa shape index (κ1) is 10.3. The fraction of sp³-hybridized carbons (Fsp3) is 0.250. The molecule has 82 valence electrons. The number of ether oxygens (including phenoxy) is 2. The predicted molar refractivity (Wildman–Crippen MR) is 69.9 cm³/mol. The van der Waals surface area contributed by atoms with Crippen molar-refractivity contribution in [1.82, 2.24) is 4.98 Å². The molecule has 0 bridgehead atoms. The van der Waals surface area contributed by atoms with Crippen LogP contribution in [0.3, 0.4) is 0 Å². The van der Waals surface area contributed by atoms with Crippen molar-refractivity contribution in [3.63, 3.8) is 0 Å². The summed E-state index contributed by atoms with van der Waals surface area (Å²) < 4.78 is 11.2. The fourth-order valence-corrected chi connectivity index (χ4v) is 2.27. The largest absolute Gasteiger partial charge is 0.477 e. The van der Waals surface area contributed by atoms with Crippen molar-refractivity contribution in [2.24, 2.45) is 0 Å². The number of rotatable bonds is 3. The van der Waals surface area contributed by atoms with Gasteiger partial charge in [0, 0.05) is 11.6 Å². The van der Waals surface area contributed by atoms with Gasteiger partial charge in [-0.25, -0.2) is 0 Å². The van der Waals surface area contributed by atoms with Crippen molar-refractivity contribution in [2.45, 2.75) is 10.2 Å². The smallest absolute Gasteiger partial charge is 0.177 e. The summed E-state index contributed by atoms with van der Waals surface area (Å²) in [5.41, 5.74) is 0.959. The van der Waals surface area contributed by atoms with Crippen LogP contribution in [0.1, 0.15) is 0 Å². The first-order valence-corrected chi connectivity index (χ1v) is 6.35. The second kappa shape index (κ2) is 4.18. The summed E-state index contributed by atoms with van der Waals surface area (Å²) in [5, 5.41) is 1.05. The van der Waals surface area contributed by atoms with Crippen LogP contribution in [0.2, 0.25) is 0 Å².